The smallest absolute Gasteiger partial charge is 0.352 e. The van der Waals surface area contributed by atoms with E-state index in [1.807, 2.05) is 6.07 Å². The third-order valence-electron chi connectivity index (χ3n) is 4.86. The molecule has 4 rings (SSSR count). The number of carbonyl (C=O) groups is 1. The zero-order valence-electron chi connectivity index (χ0n) is 13.3. The minimum Gasteiger partial charge on any atom is -0.477 e. The molecule has 3 nitrogen and oxygen atoms in total. The van der Waals surface area contributed by atoms with Crippen molar-refractivity contribution in [2.24, 2.45) is 0 Å². The fraction of sp³-hybridized carbons (Fsp3) is 0.190. The molecule has 1 atom stereocenters. The van der Waals surface area contributed by atoms with Gasteiger partial charge in [0.05, 0.1) is 0 Å². The average molecular weight is 317 g/mol. The molecule has 1 aromatic heterocycles. The van der Waals surface area contributed by atoms with E-state index >= 15 is 0 Å². The molecular formula is C21H19NO2. The molecule has 1 unspecified atom stereocenters. The third kappa shape index (κ3) is 2.73. The zero-order chi connectivity index (χ0) is 16.5. The lowest BCUT2D eigenvalue weighted by atomic mass is 9.92. The van der Waals surface area contributed by atoms with Crippen LogP contribution < -0.4 is 0 Å². The summed E-state index contributed by atoms with van der Waals surface area (Å²) in [5, 5.41) is 9.14. The predicted octanol–water partition coefficient (Wildman–Crippen LogP) is 4.38. The third-order valence-corrected chi connectivity index (χ3v) is 4.86. The van der Waals surface area contributed by atoms with Gasteiger partial charge in [-0.3, -0.25) is 0 Å². The fourth-order valence-electron chi connectivity index (χ4n) is 3.64. The molecular weight excluding hydrogens is 298 g/mol. The van der Waals surface area contributed by atoms with Gasteiger partial charge in [-0.1, -0.05) is 54.6 Å². The molecule has 120 valence electrons. The molecule has 0 saturated heterocycles. The van der Waals surface area contributed by atoms with E-state index in [0.717, 1.165) is 30.5 Å². The highest BCUT2D eigenvalue weighted by Gasteiger charge is 2.27. The van der Waals surface area contributed by atoms with E-state index in [1.54, 1.807) is 6.07 Å². The number of rotatable bonds is 4. The SMILES string of the molecule is O=C(O)c1cc2c([nH]1)CCC2c1ccc(Cc2ccccc2)cc1. The molecule has 1 aliphatic rings. The summed E-state index contributed by atoms with van der Waals surface area (Å²) in [4.78, 5) is 14.2. The van der Waals surface area contributed by atoms with Gasteiger partial charge in [-0.05, 0) is 47.6 Å². The summed E-state index contributed by atoms with van der Waals surface area (Å²) < 4.78 is 0. The zero-order valence-corrected chi connectivity index (χ0v) is 13.3. The average Bonchev–Trinajstić information content (AvgIpc) is 3.17. The molecule has 0 aliphatic heterocycles. The number of aromatic nitrogens is 1. The van der Waals surface area contributed by atoms with Crippen LogP contribution in [-0.4, -0.2) is 16.1 Å². The summed E-state index contributed by atoms with van der Waals surface area (Å²) in [5.74, 6) is -0.587. The van der Waals surface area contributed by atoms with Crippen molar-refractivity contribution in [1.82, 2.24) is 4.98 Å². The van der Waals surface area contributed by atoms with Crippen LogP contribution in [0.25, 0.3) is 0 Å². The monoisotopic (exact) mass is 317 g/mol. The number of hydrogen-bond donors (Lipinski definition) is 2. The van der Waals surface area contributed by atoms with E-state index in [0.29, 0.717) is 11.6 Å². The summed E-state index contributed by atoms with van der Waals surface area (Å²) in [5.41, 5.74) is 6.38. The van der Waals surface area contributed by atoms with Crippen molar-refractivity contribution in [3.8, 4) is 0 Å². The lowest BCUT2D eigenvalue weighted by Crippen LogP contribution is -1.99. The Labute approximate surface area is 141 Å². The highest BCUT2D eigenvalue weighted by atomic mass is 16.4. The summed E-state index contributed by atoms with van der Waals surface area (Å²) in [6.07, 6.45) is 2.89. The highest BCUT2D eigenvalue weighted by molar-refractivity contribution is 5.86. The quantitative estimate of drug-likeness (QED) is 0.750. The van der Waals surface area contributed by atoms with Gasteiger partial charge in [0, 0.05) is 11.6 Å². The summed E-state index contributed by atoms with van der Waals surface area (Å²) in [7, 11) is 0. The van der Waals surface area contributed by atoms with Crippen LogP contribution in [0.3, 0.4) is 0 Å². The Morgan fingerprint density at radius 1 is 1.04 bits per heavy atom. The van der Waals surface area contributed by atoms with Crippen LogP contribution in [0, 0.1) is 0 Å². The molecule has 2 aromatic carbocycles. The second kappa shape index (κ2) is 6.00. The van der Waals surface area contributed by atoms with E-state index < -0.39 is 5.97 Å². The lowest BCUT2D eigenvalue weighted by molar-refractivity contribution is 0.0691. The molecule has 2 N–H and O–H groups in total. The number of carboxylic acid groups (broad SMARTS) is 1. The van der Waals surface area contributed by atoms with E-state index in [4.69, 9.17) is 5.11 Å². The number of aryl methyl sites for hydroxylation is 1. The van der Waals surface area contributed by atoms with Crippen molar-refractivity contribution in [2.75, 3.05) is 0 Å². The van der Waals surface area contributed by atoms with Gasteiger partial charge in [-0.2, -0.15) is 0 Å². The van der Waals surface area contributed by atoms with Crippen molar-refractivity contribution in [1.29, 1.82) is 0 Å². The summed E-state index contributed by atoms with van der Waals surface area (Å²) in [6, 6.07) is 21.0. The van der Waals surface area contributed by atoms with E-state index in [-0.39, 0.29) is 0 Å². The second-order valence-electron chi connectivity index (χ2n) is 6.42. The molecule has 0 radical (unpaired) electrons. The van der Waals surface area contributed by atoms with E-state index in [1.165, 1.54) is 16.7 Å². The van der Waals surface area contributed by atoms with E-state index in [9.17, 15) is 4.79 Å². The number of nitrogens with one attached hydrogen (secondary N) is 1. The van der Waals surface area contributed by atoms with Crippen LogP contribution in [0.2, 0.25) is 0 Å². The van der Waals surface area contributed by atoms with Gasteiger partial charge in [-0.25, -0.2) is 4.79 Å². The number of benzene rings is 2. The number of aromatic carboxylic acids is 1. The topological polar surface area (TPSA) is 53.1 Å². The largest absolute Gasteiger partial charge is 0.477 e. The lowest BCUT2D eigenvalue weighted by Gasteiger charge is -2.11. The van der Waals surface area contributed by atoms with E-state index in [2.05, 4.69) is 53.5 Å². The van der Waals surface area contributed by atoms with Crippen LogP contribution in [0.15, 0.2) is 60.7 Å². The fourth-order valence-corrected chi connectivity index (χ4v) is 3.64. The summed E-state index contributed by atoms with van der Waals surface area (Å²) >= 11 is 0. The molecule has 0 spiro atoms. The minimum absolute atomic E-state index is 0.297. The first-order valence-corrected chi connectivity index (χ1v) is 8.28. The van der Waals surface area contributed by atoms with Crippen LogP contribution >= 0.6 is 0 Å². The first-order chi connectivity index (χ1) is 11.7. The molecule has 1 heterocycles. The van der Waals surface area contributed by atoms with Crippen LogP contribution in [-0.2, 0) is 12.8 Å². The molecule has 3 heteroatoms. The molecule has 0 bridgehead atoms. The molecule has 0 fully saturated rings. The first kappa shape index (κ1) is 14.8. The van der Waals surface area contributed by atoms with Crippen LogP contribution in [0.4, 0.5) is 0 Å². The predicted molar refractivity (Wildman–Crippen MR) is 93.6 cm³/mol. The highest BCUT2D eigenvalue weighted by Crippen LogP contribution is 2.38. The minimum atomic E-state index is -0.888. The molecule has 0 amide bonds. The Morgan fingerprint density at radius 2 is 1.75 bits per heavy atom. The number of carboxylic acids is 1. The van der Waals surface area contributed by atoms with Crippen LogP contribution in [0.1, 0.15) is 50.8 Å². The number of fused-ring (bicyclic) bond motifs is 1. The van der Waals surface area contributed by atoms with Gasteiger partial charge >= 0.3 is 5.97 Å². The molecule has 1 aliphatic carbocycles. The molecule has 0 saturated carbocycles. The van der Waals surface area contributed by atoms with Gasteiger partial charge in [0.1, 0.15) is 5.69 Å². The number of H-pyrrole nitrogens is 1. The van der Waals surface area contributed by atoms with Gasteiger partial charge in [0.15, 0.2) is 0 Å². The van der Waals surface area contributed by atoms with Crippen molar-refractivity contribution in [3.05, 3.63) is 94.3 Å². The Balaban J connectivity index is 1.55. The second-order valence-corrected chi connectivity index (χ2v) is 6.42. The Kier molecular flexibility index (Phi) is 3.69. The number of hydrogen-bond acceptors (Lipinski definition) is 1. The van der Waals surface area contributed by atoms with Gasteiger partial charge in [-0.15, -0.1) is 0 Å². The Bertz CT molecular complexity index is 863. The van der Waals surface area contributed by atoms with Crippen molar-refractivity contribution >= 4 is 5.97 Å². The van der Waals surface area contributed by atoms with Crippen molar-refractivity contribution in [3.63, 3.8) is 0 Å². The Morgan fingerprint density at radius 3 is 2.46 bits per heavy atom. The normalized spacial score (nSPS) is 16.1. The standard InChI is InChI=1S/C21H19NO2/c23-21(24)20-13-18-17(10-11-19(18)22-20)16-8-6-15(7-9-16)12-14-4-2-1-3-5-14/h1-9,13,17,22H,10-12H2,(H,23,24). The van der Waals surface area contributed by atoms with Crippen LogP contribution in [0.5, 0.6) is 0 Å². The number of aromatic amines is 1. The first-order valence-electron chi connectivity index (χ1n) is 8.28. The Hall–Kier alpha value is -2.81. The summed E-state index contributed by atoms with van der Waals surface area (Å²) in [6.45, 7) is 0. The van der Waals surface area contributed by atoms with Crippen molar-refractivity contribution < 1.29 is 9.90 Å². The maximum atomic E-state index is 11.1. The maximum Gasteiger partial charge on any atom is 0.352 e. The van der Waals surface area contributed by atoms with Crippen molar-refractivity contribution in [2.45, 2.75) is 25.2 Å². The molecule has 24 heavy (non-hydrogen) atoms. The van der Waals surface area contributed by atoms with Gasteiger partial charge in [0.2, 0.25) is 0 Å². The molecule has 3 aromatic rings. The van der Waals surface area contributed by atoms with Gasteiger partial charge < -0.3 is 10.1 Å². The maximum absolute atomic E-state index is 11.1. The van der Waals surface area contributed by atoms with Gasteiger partial charge in [0.25, 0.3) is 0 Å².